The van der Waals surface area contributed by atoms with Gasteiger partial charge in [0.05, 0.1) is 27.2 Å². The molecule has 2 aromatic carbocycles. The second-order valence-electron chi connectivity index (χ2n) is 4.52. The average Bonchev–Trinajstić information content (AvgIpc) is 3.09. The highest BCUT2D eigenvalue weighted by molar-refractivity contribution is 8.15. The third-order valence-electron chi connectivity index (χ3n) is 3.13. The lowest BCUT2D eigenvalue weighted by Gasteiger charge is -1.94. The monoisotopic (exact) mass is 312 g/mol. The maximum absolute atomic E-state index is 4.55. The zero-order valence-corrected chi connectivity index (χ0v) is 12.7. The van der Waals surface area contributed by atoms with Crippen molar-refractivity contribution >= 4 is 45.6 Å². The van der Waals surface area contributed by atoms with Crippen LogP contribution in [0.1, 0.15) is 0 Å². The molecule has 4 aromatic rings. The van der Waals surface area contributed by atoms with Gasteiger partial charge < -0.3 is 9.97 Å². The number of thioether (sulfide) groups is 2. The lowest BCUT2D eigenvalue weighted by molar-refractivity contribution is 1.08. The average molecular weight is 312 g/mol. The van der Waals surface area contributed by atoms with Gasteiger partial charge in [-0.3, -0.25) is 0 Å². The first-order valence-electron chi connectivity index (χ1n) is 6.53. The largest absolute Gasteiger partial charge is 0.333 e. The number of aromatic nitrogens is 4. The molecule has 0 saturated heterocycles. The maximum atomic E-state index is 4.55. The standard InChI is InChI=1S/C15H12N4S2/c1-2-6-11-10(5-1)16-14(17-11)20-9-21-15-18-12-7-3-4-8-13(12)19-15/h1-8H,9H2,(H,16,17)(H,18,19). The van der Waals surface area contributed by atoms with Crippen molar-refractivity contribution < 1.29 is 0 Å². The van der Waals surface area contributed by atoms with Gasteiger partial charge in [-0.2, -0.15) is 0 Å². The van der Waals surface area contributed by atoms with Crippen LogP contribution in [0.4, 0.5) is 0 Å². The Morgan fingerprint density at radius 2 is 1.19 bits per heavy atom. The first-order valence-corrected chi connectivity index (χ1v) is 8.51. The number of imidazole rings is 2. The number of H-pyrrole nitrogens is 2. The van der Waals surface area contributed by atoms with Crippen molar-refractivity contribution in [1.29, 1.82) is 0 Å². The van der Waals surface area contributed by atoms with E-state index < -0.39 is 0 Å². The zero-order valence-electron chi connectivity index (χ0n) is 11.0. The Morgan fingerprint density at radius 1 is 0.714 bits per heavy atom. The highest BCUT2D eigenvalue weighted by atomic mass is 32.2. The first-order chi connectivity index (χ1) is 10.4. The molecule has 0 aliphatic carbocycles. The van der Waals surface area contributed by atoms with Crippen molar-refractivity contribution in [1.82, 2.24) is 19.9 Å². The molecule has 0 atom stereocenters. The van der Waals surface area contributed by atoms with Crippen molar-refractivity contribution in [2.45, 2.75) is 10.3 Å². The van der Waals surface area contributed by atoms with E-state index in [1.807, 2.05) is 48.5 Å². The van der Waals surface area contributed by atoms with Gasteiger partial charge in [0.1, 0.15) is 0 Å². The van der Waals surface area contributed by atoms with Gasteiger partial charge in [-0.25, -0.2) is 9.97 Å². The molecule has 104 valence electrons. The number of benzene rings is 2. The highest BCUT2D eigenvalue weighted by Gasteiger charge is 2.05. The van der Waals surface area contributed by atoms with E-state index in [2.05, 4.69) is 19.9 Å². The van der Waals surface area contributed by atoms with Crippen LogP contribution in [0.15, 0.2) is 58.8 Å². The molecule has 0 fully saturated rings. The summed E-state index contributed by atoms with van der Waals surface area (Å²) in [6.45, 7) is 0. The minimum Gasteiger partial charge on any atom is -0.333 e. The van der Waals surface area contributed by atoms with Crippen LogP contribution in [-0.2, 0) is 0 Å². The molecule has 0 saturated carbocycles. The molecule has 4 rings (SSSR count). The number of fused-ring (bicyclic) bond motifs is 2. The van der Waals surface area contributed by atoms with Crippen LogP contribution in [0, 0.1) is 0 Å². The smallest absolute Gasteiger partial charge is 0.167 e. The summed E-state index contributed by atoms with van der Waals surface area (Å²) < 4.78 is 0. The fourth-order valence-electron chi connectivity index (χ4n) is 2.14. The summed E-state index contributed by atoms with van der Waals surface area (Å²) in [5.41, 5.74) is 4.17. The summed E-state index contributed by atoms with van der Waals surface area (Å²) in [5.74, 6) is 0. The summed E-state index contributed by atoms with van der Waals surface area (Å²) in [4.78, 5) is 15.7. The number of nitrogens with zero attached hydrogens (tertiary/aromatic N) is 2. The van der Waals surface area contributed by atoms with Gasteiger partial charge in [0.25, 0.3) is 0 Å². The molecular weight excluding hydrogens is 300 g/mol. The van der Waals surface area contributed by atoms with Crippen molar-refractivity contribution in [2.24, 2.45) is 0 Å². The van der Waals surface area contributed by atoms with Gasteiger partial charge >= 0.3 is 0 Å². The third-order valence-corrected chi connectivity index (χ3v) is 5.00. The van der Waals surface area contributed by atoms with Crippen molar-refractivity contribution in [3.63, 3.8) is 0 Å². The predicted molar refractivity (Wildman–Crippen MR) is 88.8 cm³/mol. The second-order valence-corrected chi connectivity index (χ2v) is 6.82. The van der Waals surface area contributed by atoms with E-state index >= 15 is 0 Å². The molecule has 0 aliphatic rings. The number of hydrogen-bond donors (Lipinski definition) is 2. The van der Waals surface area contributed by atoms with Crippen molar-refractivity contribution in [3.05, 3.63) is 48.5 Å². The van der Waals surface area contributed by atoms with Gasteiger partial charge in [-0.15, -0.1) is 0 Å². The van der Waals surface area contributed by atoms with E-state index in [9.17, 15) is 0 Å². The van der Waals surface area contributed by atoms with Crippen LogP contribution in [0.3, 0.4) is 0 Å². The van der Waals surface area contributed by atoms with E-state index in [1.54, 1.807) is 23.5 Å². The molecule has 0 unspecified atom stereocenters. The van der Waals surface area contributed by atoms with Gasteiger partial charge in [-0.1, -0.05) is 47.8 Å². The normalized spacial score (nSPS) is 11.4. The number of nitrogens with one attached hydrogen (secondary N) is 2. The van der Waals surface area contributed by atoms with Gasteiger partial charge in [0.15, 0.2) is 10.3 Å². The summed E-state index contributed by atoms with van der Waals surface area (Å²) in [7, 11) is 0. The summed E-state index contributed by atoms with van der Waals surface area (Å²) in [5, 5.41) is 2.75. The number of aromatic amines is 2. The molecule has 2 heterocycles. The Morgan fingerprint density at radius 3 is 1.67 bits per heavy atom. The van der Waals surface area contributed by atoms with Crippen molar-refractivity contribution in [2.75, 3.05) is 5.08 Å². The molecular formula is C15H12N4S2. The Balaban J connectivity index is 1.44. The Labute approximate surface area is 129 Å². The van der Waals surface area contributed by atoms with Crippen LogP contribution >= 0.6 is 23.5 Å². The summed E-state index contributed by atoms with van der Waals surface area (Å²) in [6.07, 6.45) is 0. The van der Waals surface area contributed by atoms with E-state index in [-0.39, 0.29) is 0 Å². The predicted octanol–water partition coefficient (Wildman–Crippen LogP) is 4.28. The molecule has 4 nitrogen and oxygen atoms in total. The number of rotatable bonds is 4. The number of para-hydroxylation sites is 4. The van der Waals surface area contributed by atoms with Gasteiger partial charge in [0, 0.05) is 0 Å². The van der Waals surface area contributed by atoms with Crippen LogP contribution < -0.4 is 0 Å². The van der Waals surface area contributed by atoms with Crippen LogP contribution in [0.2, 0.25) is 0 Å². The Bertz CT molecular complexity index is 757. The highest BCUT2D eigenvalue weighted by Crippen LogP contribution is 2.27. The molecule has 0 spiro atoms. The lowest BCUT2D eigenvalue weighted by Crippen LogP contribution is -1.78. The van der Waals surface area contributed by atoms with Crippen LogP contribution in [-0.4, -0.2) is 25.0 Å². The molecule has 0 amide bonds. The van der Waals surface area contributed by atoms with E-state index in [1.165, 1.54) is 0 Å². The minimum atomic E-state index is 0.861. The van der Waals surface area contributed by atoms with Gasteiger partial charge in [0.2, 0.25) is 0 Å². The summed E-state index contributed by atoms with van der Waals surface area (Å²) >= 11 is 3.37. The van der Waals surface area contributed by atoms with Crippen molar-refractivity contribution in [3.8, 4) is 0 Å². The fraction of sp³-hybridized carbons (Fsp3) is 0.0667. The first kappa shape index (κ1) is 12.8. The second kappa shape index (κ2) is 5.46. The molecule has 21 heavy (non-hydrogen) atoms. The van der Waals surface area contributed by atoms with E-state index in [0.717, 1.165) is 37.5 Å². The third kappa shape index (κ3) is 2.64. The minimum absolute atomic E-state index is 0.861. The molecule has 6 heteroatoms. The summed E-state index contributed by atoms with van der Waals surface area (Å²) in [6, 6.07) is 16.1. The number of hydrogen-bond acceptors (Lipinski definition) is 4. The molecule has 0 aliphatic heterocycles. The maximum Gasteiger partial charge on any atom is 0.167 e. The Hall–Kier alpha value is -1.92. The SMILES string of the molecule is c1ccc2[nH]c(SCSc3nc4ccccc4[nH]3)nc2c1. The zero-order chi connectivity index (χ0) is 14.1. The molecule has 0 bridgehead atoms. The van der Waals surface area contributed by atoms with Crippen LogP contribution in [0.5, 0.6) is 0 Å². The van der Waals surface area contributed by atoms with E-state index in [0.29, 0.717) is 0 Å². The molecule has 0 radical (unpaired) electrons. The van der Waals surface area contributed by atoms with E-state index in [4.69, 9.17) is 0 Å². The lowest BCUT2D eigenvalue weighted by atomic mass is 10.3. The fourth-order valence-corrected chi connectivity index (χ4v) is 3.96. The van der Waals surface area contributed by atoms with Crippen LogP contribution in [0.25, 0.3) is 22.1 Å². The van der Waals surface area contributed by atoms with Gasteiger partial charge in [-0.05, 0) is 24.3 Å². The quantitative estimate of drug-likeness (QED) is 0.436. The topological polar surface area (TPSA) is 57.4 Å². The molecule has 2 N–H and O–H groups in total. The molecule has 2 aromatic heterocycles. The Kier molecular flexibility index (Phi) is 3.33.